The van der Waals surface area contributed by atoms with Crippen LogP contribution in [-0.4, -0.2) is 30.9 Å². The van der Waals surface area contributed by atoms with E-state index >= 15 is 0 Å². The molecule has 5 nitrogen and oxygen atoms in total. The first kappa shape index (κ1) is 18.8. The van der Waals surface area contributed by atoms with Gasteiger partial charge in [0.05, 0.1) is 16.3 Å². The van der Waals surface area contributed by atoms with Crippen LogP contribution in [0.25, 0.3) is 22.5 Å². The van der Waals surface area contributed by atoms with Gasteiger partial charge in [0, 0.05) is 22.9 Å². The van der Waals surface area contributed by atoms with Gasteiger partial charge in [0.2, 0.25) is 5.82 Å². The average Bonchev–Trinajstić information content (AvgIpc) is 3.07. The summed E-state index contributed by atoms with van der Waals surface area (Å²) in [6.45, 7) is 0. The third-order valence-electron chi connectivity index (χ3n) is 3.86. The summed E-state index contributed by atoms with van der Waals surface area (Å²) in [5.74, 6) is -1.17. The second kappa shape index (κ2) is 6.66. The van der Waals surface area contributed by atoms with Crippen molar-refractivity contribution in [1.29, 1.82) is 0 Å². The van der Waals surface area contributed by atoms with Crippen molar-refractivity contribution in [3.63, 3.8) is 0 Å². The van der Waals surface area contributed by atoms with Crippen LogP contribution in [-0.2, 0) is 16.0 Å². The summed E-state index contributed by atoms with van der Waals surface area (Å²) in [7, 11) is -3.43. The Morgan fingerprint density at radius 1 is 0.963 bits per heavy atom. The number of H-pyrrole nitrogens is 1. The van der Waals surface area contributed by atoms with Gasteiger partial charge in [0.15, 0.2) is 9.84 Å². The number of carbonyl (C=O) groups excluding carboxylic acids is 1. The molecule has 140 valence electrons. The highest BCUT2D eigenvalue weighted by molar-refractivity contribution is 7.90. The number of benzene rings is 2. The molecule has 0 aliphatic heterocycles. The van der Waals surface area contributed by atoms with Crippen LogP contribution in [0.3, 0.4) is 0 Å². The molecule has 0 saturated heterocycles. The van der Waals surface area contributed by atoms with Gasteiger partial charge in [-0.05, 0) is 12.1 Å². The smallest absolute Gasteiger partial charge is 0.334 e. The second-order valence-corrected chi connectivity index (χ2v) is 7.86. The zero-order chi connectivity index (χ0) is 19.8. The van der Waals surface area contributed by atoms with Gasteiger partial charge < -0.3 is 4.98 Å². The molecule has 0 atom stereocenters. The van der Waals surface area contributed by atoms with E-state index in [1.165, 1.54) is 48.5 Å². The molecule has 1 heterocycles. The molecular weight excluding hydrogens is 381 g/mol. The summed E-state index contributed by atoms with van der Waals surface area (Å²) in [5, 5.41) is 0. The summed E-state index contributed by atoms with van der Waals surface area (Å²) in [6, 6.07) is 11.4. The minimum Gasteiger partial charge on any atom is -0.334 e. The Labute approximate surface area is 152 Å². The molecule has 0 bridgehead atoms. The number of carbonyl (C=O) groups is 1. The molecule has 0 aliphatic rings. The van der Waals surface area contributed by atoms with E-state index in [2.05, 4.69) is 9.97 Å². The number of hydrogen-bond acceptors (Lipinski definition) is 4. The number of hydrogen-bond donors (Lipinski definition) is 1. The normalized spacial score (nSPS) is 12.1. The molecule has 1 aromatic heterocycles. The van der Waals surface area contributed by atoms with E-state index in [-0.39, 0.29) is 16.3 Å². The Morgan fingerprint density at radius 3 is 2.00 bits per heavy atom. The highest BCUT2D eigenvalue weighted by Crippen LogP contribution is 2.36. The van der Waals surface area contributed by atoms with Crippen molar-refractivity contribution in [3.05, 3.63) is 59.9 Å². The monoisotopic (exact) mass is 394 g/mol. The lowest BCUT2D eigenvalue weighted by Gasteiger charge is -2.05. The molecule has 0 saturated carbocycles. The Kier molecular flexibility index (Phi) is 4.64. The second-order valence-electron chi connectivity index (χ2n) is 5.84. The van der Waals surface area contributed by atoms with Crippen LogP contribution >= 0.6 is 0 Å². The predicted octanol–water partition coefficient (Wildman–Crippen LogP) is 3.98. The van der Waals surface area contributed by atoms with E-state index < -0.39 is 21.8 Å². The van der Waals surface area contributed by atoms with Crippen molar-refractivity contribution in [2.24, 2.45) is 0 Å². The van der Waals surface area contributed by atoms with Gasteiger partial charge >= 0.3 is 6.18 Å². The maximum absolute atomic E-state index is 13.1. The van der Waals surface area contributed by atoms with Crippen LogP contribution in [0.15, 0.2) is 53.4 Å². The number of sulfone groups is 1. The first-order valence-electron chi connectivity index (χ1n) is 7.63. The zero-order valence-corrected chi connectivity index (χ0v) is 14.7. The molecule has 2 aromatic carbocycles. The molecule has 1 N–H and O–H groups in total. The number of nitrogens with zero attached hydrogens (tertiary/aromatic N) is 1. The lowest BCUT2D eigenvalue weighted by molar-refractivity contribution is -0.144. The van der Waals surface area contributed by atoms with Gasteiger partial charge in [-0.15, -0.1) is 0 Å². The number of alkyl halides is 3. The third kappa shape index (κ3) is 3.92. The molecule has 3 aromatic rings. The fraction of sp³-hybridized carbons (Fsp3) is 0.111. The number of imidazole rings is 1. The largest absolute Gasteiger partial charge is 0.449 e. The number of rotatable bonds is 4. The molecule has 0 unspecified atom stereocenters. The molecule has 27 heavy (non-hydrogen) atoms. The Morgan fingerprint density at radius 2 is 1.52 bits per heavy atom. The number of aldehydes is 1. The first-order valence-corrected chi connectivity index (χ1v) is 9.52. The fourth-order valence-electron chi connectivity index (χ4n) is 2.51. The summed E-state index contributed by atoms with van der Waals surface area (Å²) < 4.78 is 62.5. The van der Waals surface area contributed by atoms with E-state index in [1.807, 2.05) is 0 Å². The van der Waals surface area contributed by atoms with Gasteiger partial charge in [0.1, 0.15) is 6.29 Å². The summed E-state index contributed by atoms with van der Waals surface area (Å²) >= 11 is 0. The van der Waals surface area contributed by atoms with Gasteiger partial charge in [-0.25, -0.2) is 13.4 Å². The first-order chi connectivity index (χ1) is 12.6. The summed E-state index contributed by atoms with van der Waals surface area (Å²) in [4.78, 5) is 16.8. The van der Waals surface area contributed by atoms with Gasteiger partial charge in [-0.1, -0.05) is 36.4 Å². The molecule has 0 fully saturated rings. The van der Waals surface area contributed by atoms with Gasteiger partial charge in [0.25, 0.3) is 0 Å². The van der Waals surface area contributed by atoms with Crippen LogP contribution in [0, 0.1) is 0 Å². The number of aromatic amines is 1. The Balaban J connectivity index is 2.15. The lowest BCUT2D eigenvalue weighted by atomic mass is 10.0. The van der Waals surface area contributed by atoms with Crippen LogP contribution in [0.4, 0.5) is 13.2 Å². The maximum atomic E-state index is 13.1. The van der Waals surface area contributed by atoms with Crippen molar-refractivity contribution in [3.8, 4) is 22.5 Å². The van der Waals surface area contributed by atoms with E-state index in [4.69, 9.17) is 0 Å². The van der Waals surface area contributed by atoms with E-state index in [0.717, 1.165) is 6.26 Å². The molecule has 9 heteroatoms. The van der Waals surface area contributed by atoms with Crippen molar-refractivity contribution < 1.29 is 26.4 Å². The third-order valence-corrected chi connectivity index (χ3v) is 4.99. The van der Waals surface area contributed by atoms with Crippen LogP contribution in [0.1, 0.15) is 16.2 Å². The number of nitrogens with one attached hydrogen (secondary N) is 1. The highest BCUT2D eigenvalue weighted by atomic mass is 32.2. The Hall–Kier alpha value is -2.94. The van der Waals surface area contributed by atoms with E-state index in [1.54, 1.807) is 0 Å². The lowest BCUT2D eigenvalue weighted by Crippen LogP contribution is -2.07. The SMILES string of the molecule is CS(=O)(=O)c1ccc(-c2[nH]c(C(F)(F)F)nc2-c2ccc(C=O)cc2)cc1. The highest BCUT2D eigenvalue weighted by Gasteiger charge is 2.36. The van der Waals surface area contributed by atoms with Crippen molar-refractivity contribution in [2.75, 3.05) is 6.26 Å². The minimum absolute atomic E-state index is 0.0480. The summed E-state index contributed by atoms with van der Waals surface area (Å²) in [6.07, 6.45) is -3.01. The predicted molar refractivity (Wildman–Crippen MR) is 93.0 cm³/mol. The molecule has 0 spiro atoms. The van der Waals surface area contributed by atoms with Gasteiger partial charge in [-0.2, -0.15) is 13.2 Å². The van der Waals surface area contributed by atoms with Gasteiger partial charge in [-0.3, -0.25) is 4.79 Å². The fourth-order valence-corrected chi connectivity index (χ4v) is 3.14. The molecular formula is C18H13F3N2O3S. The standard InChI is InChI=1S/C18H13F3N2O3S/c1-27(25,26)14-8-6-13(7-9-14)16-15(22-17(23-16)18(19,20)21)12-4-2-11(10-24)3-5-12/h2-10H,1H3,(H,22,23). The average molecular weight is 394 g/mol. The molecule has 0 amide bonds. The maximum Gasteiger partial charge on any atom is 0.449 e. The minimum atomic E-state index is -4.68. The van der Waals surface area contributed by atoms with Crippen molar-refractivity contribution in [2.45, 2.75) is 11.1 Å². The zero-order valence-electron chi connectivity index (χ0n) is 13.9. The van der Waals surface area contributed by atoms with Crippen LogP contribution in [0.5, 0.6) is 0 Å². The van der Waals surface area contributed by atoms with Crippen molar-refractivity contribution in [1.82, 2.24) is 9.97 Å². The Bertz CT molecular complexity index is 1080. The molecule has 0 aliphatic carbocycles. The van der Waals surface area contributed by atoms with Crippen LogP contribution < -0.4 is 0 Å². The van der Waals surface area contributed by atoms with E-state index in [0.29, 0.717) is 23.0 Å². The topological polar surface area (TPSA) is 79.9 Å². The molecule has 3 rings (SSSR count). The number of halogens is 3. The van der Waals surface area contributed by atoms with Crippen molar-refractivity contribution >= 4 is 16.1 Å². The van der Waals surface area contributed by atoms with E-state index in [9.17, 15) is 26.4 Å². The molecule has 0 radical (unpaired) electrons. The summed E-state index contributed by atoms with van der Waals surface area (Å²) in [5.41, 5.74) is 1.26. The quantitative estimate of drug-likeness (QED) is 0.679. The number of aromatic nitrogens is 2. The van der Waals surface area contributed by atoms with Crippen LogP contribution in [0.2, 0.25) is 0 Å².